The summed E-state index contributed by atoms with van der Waals surface area (Å²) in [7, 11) is 0. The minimum atomic E-state index is -0.267. The fourth-order valence-electron chi connectivity index (χ4n) is 1.47. The van der Waals surface area contributed by atoms with Crippen LogP contribution < -0.4 is 0 Å². The van der Waals surface area contributed by atoms with E-state index in [1.165, 1.54) is 6.42 Å². The van der Waals surface area contributed by atoms with Crippen molar-refractivity contribution in [2.24, 2.45) is 5.92 Å². The highest BCUT2D eigenvalue weighted by molar-refractivity contribution is 7.10. The second-order valence-corrected chi connectivity index (χ2v) is 4.68. The highest BCUT2D eigenvalue weighted by Crippen LogP contribution is 2.40. The molecule has 0 aliphatic heterocycles. The smallest absolute Gasteiger partial charge is 0.0910 e. The van der Waals surface area contributed by atoms with E-state index in [0.29, 0.717) is 5.92 Å². The summed E-state index contributed by atoms with van der Waals surface area (Å²) in [6.07, 6.45) is 3.32. The second kappa shape index (κ2) is 3.36. The molecule has 1 N–H and O–H groups in total. The van der Waals surface area contributed by atoms with Gasteiger partial charge >= 0.3 is 0 Å². The van der Waals surface area contributed by atoms with Crippen molar-refractivity contribution in [3.05, 3.63) is 21.3 Å². The molecule has 0 bridgehead atoms. The molecule has 1 nitrogen and oxygen atoms in total. The summed E-state index contributed by atoms with van der Waals surface area (Å²) in [6, 6.07) is 1.87. The Morgan fingerprint density at radius 1 is 1.58 bits per heavy atom. The Bertz CT molecular complexity index is 267. The first-order chi connectivity index (χ1) is 5.77. The highest BCUT2D eigenvalue weighted by Gasteiger charge is 2.27. The summed E-state index contributed by atoms with van der Waals surface area (Å²) < 4.78 is 0. The van der Waals surface area contributed by atoms with E-state index < -0.39 is 0 Å². The van der Waals surface area contributed by atoms with Gasteiger partial charge in [-0.1, -0.05) is 18.0 Å². The SMILES string of the molecule is OC(c1cc(Cl)cs1)C1CCC1. The molecular weight excluding hydrogens is 192 g/mol. The molecule has 0 spiro atoms. The molecule has 1 aromatic heterocycles. The third kappa shape index (κ3) is 1.51. The normalized spacial score (nSPS) is 20.5. The van der Waals surface area contributed by atoms with Gasteiger partial charge < -0.3 is 5.11 Å². The molecule has 3 heteroatoms. The number of aliphatic hydroxyl groups is 1. The Kier molecular flexibility index (Phi) is 2.40. The van der Waals surface area contributed by atoms with Gasteiger partial charge in [0.05, 0.1) is 11.1 Å². The Hall–Kier alpha value is -0.0500. The van der Waals surface area contributed by atoms with Gasteiger partial charge in [0.15, 0.2) is 0 Å². The number of halogens is 1. The first-order valence-corrected chi connectivity index (χ1v) is 5.45. The summed E-state index contributed by atoms with van der Waals surface area (Å²) in [5.74, 6) is 0.486. The van der Waals surface area contributed by atoms with Crippen LogP contribution >= 0.6 is 22.9 Å². The van der Waals surface area contributed by atoms with Crippen LogP contribution in [-0.4, -0.2) is 5.11 Å². The fraction of sp³-hybridized carbons (Fsp3) is 0.556. The molecule has 0 aromatic carbocycles. The lowest BCUT2D eigenvalue weighted by atomic mass is 9.81. The van der Waals surface area contributed by atoms with E-state index in [1.807, 2.05) is 11.4 Å². The molecule has 1 aliphatic rings. The number of hydrogen-bond donors (Lipinski definition) is 1. The van der Waals surface area contributed by atoms with Crippen LogP contribution in [0, 0.1) is 5.92 Å². The predicted octanol–water partition coefficient (Wildman–Crippen LogP) is 3.24. The average molecular weight is 203 g/mol. The fourth-order valence-corrected chi connectivity index (χ4v) is 2.63. The molecule has 0 amide bonds. The Balaban J connectivity index is 2.08. The van der Waals surface area contributed by atoms with Crippen molar-refractivity contribution in [1.82, 2.24) is 0 Å². The first kappa shape index (κ1) is 8.54. The van der Waals surface area contributed by atoms with Gasteiger partial charge in [-0.3, -0.25) is 0 Å². The monoisotopic (exact) mass is 202 g/mol. The minimum absolute atomic E-state index is 0.267. The molecule has 1 aliphatic carbocycles. The van der Waals surface area contributed by atoms with Crippen LogP contribution in [0.2, 0.25) is 5.02 Å². The summed E-state index contributed by atoms with van der Waals surface area (Å²) >= 11 is 7.32. The van der Waals surface area contributed by atoms with Crippen molar-refractivity contribution in [1.29, 1.82) is 0 Å². The molecule has 2 rings (SSSR count). The Morgan fingerprint density at radius 2 is 2.33 bits per heavy atom. The number of thiophene rings is 1. The van der Waals surface area contributed by atoms with Crippen molar-refractivity contribution in [2.75, 3.05) is 0 Å². The lowest BCUT2D eigenvalue weighted by Crippen LogP contribution is -2.19. The molecule has 0 saturated heterocycles. The molecule has 0 radical (unpaired) electrons. The van der Waals surface area contributed by atoms with E-state index in [-0.39, 0.29) is 6.10 Å². The maximum Gasteiger partial charge on any atom is 0.0910 e. The van der Waals surface area contributed by atoms with Crippen LogP contribution in [0.25, 0.3) is 0 Å². The van der Waals surface area contributed by atoms with Gasteiger partial charge in [-0.15, -0.1) is 11.3 Å². The zero-order valence-electron chi connectivity index (χ0n) is 6.66. The summed E-state index contributed by atoms with van der Waals surface area (Å²) in [4.78, 5) is 1.02. The second-order valence-electron chi connectivity index (χ2n) is 3.30. The van der Waals surface area contributed by atoms with Gasteiger partial charge in [0.1, 0.15) is 0 Å². The van der Waals surface area contributed by atoms with Crippen molar-refractivity contribution in [3.63, 3.8) is 0 Å². The standard InChI is InChI=1S/C9H11ClOS/c10-7-4-8(12-5-7)9(11)6-2-1-3-6/h4-6,9,11H,1-3H2. The lowest BCUT2D eigenvalue weighted by Gasteiger charge is -2.29. The van der Waals surface area contributed by atoms with Crippen LogP contribution in [0.5, 0.6) is 0 Å². The molecule has 1 saturated carbocycles. The zero-order chi connectivity index (χ0) is 8.55. The molecule has 1 atom stereocenters. The van der Waals surface area contributed by atoms with Gasteiger partial charge in [0.2, 0.25) is 0 Å². The highest BCUT2D eigenvalue weighted by atomic mass is 35.5. The Labute approximate surface area is 81.0 Å². The van der Waals surface area contributed by atoms with Crippen LogP contribution in [0.1, 0.15) is 30.2 Å². The average Bonchev–Trinajstić information content (AvgIpc) is 2.31. The first-order valence-electron chi connectivity index (χ1n) is 4.19. The predicted molar refractivity (Wildman–Crippen MR) is 51.6 cm³/mol. The topological polar surface area (TPSA) is 20.2 Å². The molecule has 1 aromatic rings. The van der Waals surface area contributed by atoms with Gasteiger partial charge in [0.25, 0.3) is 0 Å². The van der Waals surface area contributed by atoms with Gasteiger partial charge in [-0.2, -0.15) is 0 Å². The third-order valence-corrected chi connectivity index (χ3v) is 3.83. The maximum absolute atomic E-state index is 9.81. The number of hydrogen-bond acceptors (Lipinski definition) is 2. The van der Waals surface area contributed by atoms with Crippen molar-refractivity contribution in [3.8, 4) is 0 Å². The van der Waals surface area contributed by atoms with Crippen molar-refractivity contribution < 1.29 is 5.11 Å². The van der Waals surface area contributed by atoms with E-state index in [1.54, 1.807) is 11.3 Å². The van der Waals surface area contributed by atoms with Gasteiger partial charge in [0, 0.05) is 10.3 Å². The van der Waals surface area contributed by atoms with E-state index in [4.69, 9.17) is 11.6 Å². The van der Waals surface area contributed by atoms with Crippen LogP contribution in [0.15, 0.2) is 11.4 Å². The van der Waals surface area contributed by atoms with E-state index >= 15 is 0 Å². The van der Waals surface area contributed by atoms with Gasteiger partial charge in [-0.25, -0.2) is 0 Å². The van der Waals surface area contributed by atoms with Crippen LogP contribution in [0.4, 0.5) is 0 Å². The van der Waals surface area contributed by atoms with Crippen molar-refractivity contribution in [2.45, 2.75) is 25.4 Å². The summed E-state index contributed by atoms with van der Waals surface area (Å²) in [5, 5.41) is 12.4. The molecule has 1 fully saturated rings. The van der Waals surface area contributed by atoms with Crippen LogP contribution in [0.3, 0.4) is 0 Å². The largest absolute Gasteiger partial charge is 0.387 e. The third-order valence-electron chi connectivity index (χ3n) is 2.48. The summed E-state index contributed by atoms with van der Waals surface area (Å²) in [5.41, 5.74) is 0. The van der Waals surface area contributed by atoms with E-state index in [2.05, 4.69) is 0 Å². The van der Waals surface area contributed by atoms with E-state index in [0.717, 1.165) is 22.7 Å². The molecule has 66 valence electrons. The molecule has 1 heterocycles. The minimum Gasteiger partial charge on any atom is -0.387 e. The van der Waals surface area contributed by atoms with Crippen LogP contribution in [-0.2, 0) is 0 Å². The zero-order valence-corrected chi connectivity index (χ0v) is 8.24. The molecule has 1 unspecified atom stereocenters. The quantitative estimate of drug-likeness (QED) is 0.781. The molecule has 12 heavy (non-hydrogen) atoms. The molecular formula is C9H11ClOS. The number of aliphatic hydroxyl groups excluding tert-OH is 1. The van der Waals surface area contributed by atoms with Gasteiger partial charge in [-0.05, 0) is 24.8 Å². The Morgan fingerprint density at radius 3 is 2.75 bits per heavy atom. The van der Waals surface area contributed by atoms with E-state index in [9.17, 15) is 5.11 Å². The lowest BCUT2D eigenvalue weighted by molar-refractivity contribution is 0.0650. The summed E-state index contributed by atoms with van der Waals surface area (Å²) in [6.45, 7) is 0. The maximum atomic E-state index is 9.81. The van der Waals surface area contributed by atoms with Crippen molar-refractivity contribution >= 4 is 22.9 Å². The number of rotatable bonds is 2.